The van der Waals surface area contributed by atoms with Gasteiger partial charge in [-0.25, -0.2) is 8.78 Å². The first kappa shape index (κ1) is 13.5. The predicted octanol–water partition coefficient (Wildman–Crippen LogP) is 4.04. The molecule has 2 rings (SSSR count). The molecule has 0 saturated carbocycles. The van der Waals surface area contributed by atoms with Gasteiger partial charge in [-0.3, -0.25) is 4.90 Å². The minimum Gasteiger partial charge on any atom is -0.299 e. The smallest absolute Gasteiger partial charge is 0.250 e. The molecule has 1 aliphatic heterocycles. The average molecular weight is 253 g/mol. The summed E-state index contributed by atoms with van der Waals surface area (Å²) in [6.07, 6.45) is -0.00580. The van der Waals surface area contributed by atoms with Crippen LogP contribution in [0.15, 0.2) is 24.3 Å². The molecule has 1 aliphatic rings. The average Bonchev–Trinajstić information content (AvgIpc) is 2.33. The van der Waals surface area contributed by atoms with E-state index in [2.05, 4.69) is 43.0 Å². The molecule has 0 atom stereocenters. The van der Waals surface area contributed by atoms with Crippen LogP contribution >= 0.6 is 0 Å². The molecule has 3 heteroatoms. The van der Waals surface area contributed by atoms with E-state index >= 15 is 0 Å². The summed E-state index contributed by atoms with van der Waals surface area (Å²) in [7, 11) is 0. The van der Waals surface area contributed by atoms with Crippen molar-refractivity contribution in [3.05, 3.63) is 35.4 Å². The van der Waals surface area contributed by atoms with Crippen molar-refractivity contribution in [1.29, 1.82) is 0 Å². The van der Waals surface area contributed by atoms with E-state index in [9.17, 15) is 8.78 Å². The van der Waals surface area contributed by atoms with E-state index in [1.807, 2.05) is 0 Å². The Morgan fingerprint density at radius 2 is 1.67 bits per heavy atom. The molecular weight excluding hydrogens is 232 g/mol. The van der Waals surface area contributed by atoms with Gasteiger partial charge in [0.25, 0.3) is 5.92 Å². The second-order valence-corrected chi connectivity index (χ2v) is 5.53. The molecule has 1 aromatic carbocycles. The first-order chi connectivity index (χ1) is 8.46. The highest BCUT2D eigenvalue weighted by Gasteiger charge is 2.33. The molecule has 1 aromatic rings. The number of hydrogen-bond acceptors (Lipinski definition) is 1. The zero-order chi connectivity index (χ0) is 13.2. The second-order valence-electron chi connectivity index (χ2n) is 5.53. The van der Waals surface area contributed by atoms with Gasteiger partial charge in [0.15, 0.2) is 0 Å². The van der Waals surface area contributed by atoms with Crippen LogP contribution in [-0.2, 0) is 6.54 Å². The van der Waals surface area contributed by atoms with Crippen LogP contribution in [-0.4, -0.2) is 23.9 Å². The number of halogens is 2. The summed E-state index contributed by atoms with van der Waals surface area (Å²) in [5.41, 5.74) is 2.54. The van der Waals surface area contributed by atoms with Gasteiger partial charge in [0.05, 0.1) is 0 Å². The Kier molecular flexibility index (Phi) is 4.00. The standard InChI is InChI=1S/C15H21F2N/c1-12(2)14-5-3-13(4-6-14)11-18-9-7-15(16,17)8-10-18/h3-6,12H,7-11H2,1-2H3. The number of nitrogens with zero attached hydrogens (tertiary/aromatic N) is 1. The normalized spacial score (nSPS) is 20.3. The van der Waals surface area contributed by atoms with Crippen LogP contribution in [0, 0.1) is 0 Å². The molecule has 0 radical (unpaired) electrons. The molecule has 1 nitrogen and oxygen atoms in total. The number of alkyl halides is 2. The number of likely N-dealkylation sites (tertiary alicyclic amines) is 1. The van der Waals surface area contributed by atoms with Gasteiger partial charge in [0, 0.05) is 32.5 Å². The molecule has 0 N–H and O–H groups in total. The lowest BCUT2D eigenvalue weighted by molar-refractivity contribution is -0.0566. The Balaban J connectivity index is 1.90. The summed E-state index contributed by atoms with van der Waals surface area (Å²) >= 11 is 0. The molecule has 0 aliphatic carbocycles. The fourth-order valence-electron chi connectivity index (χ4n) is 2.30. The van der Waals surface area contributed by atoms with Gasteiger partial charge < -0.3 is 0 Å². The van der Waals surface area contributed by atoms with Crippen LogP contribution in [0.5, 0.6) is 0 Å². The molecule has 0 spiro atoms. The lowest BCUT2D eigenvalue weighted by atomic mass is 10.0. The van der Waals surface area contributed by atoms with E-state index in [1.54, 1.807) is 0 Å². The van der Waals surface area contributed by atoms with Crippen LogP contribution in [0.1, 0.15) is 43.7 Å². The van der Waals surface area contributed by atoms with Crippen molar-refractivity contribution in [1.82, 2.24) is 4.90 Å². The number of piperidine rings is 1. The van der Waals surface area contributed by atoms with Gasteiger partial charge >= 0.3 is 0 Å². The molecule has 0 bridgehead atoms. The molecule has 100 valence electrons. The summed E-state index contributed by atoms with van der Waals surface area (Å²) in [6, 6.07) is 8.50. The predicted molar refractivity (Wildman–Crippen MR) is 70.0 cm³/mol. The highest BCUT2D eigenvalue weighted by Crippen LogP contribution is 2.28. The number of hydrogen-bond donors (Lipinski definition) is 0. The maximum atomic E-state index is 13.0. The topological polar surface area (TPSA) is 3.24 Å². The molecular formula is C15H21F2N. The zero-order valence-corrected chi connectivity index (χ0v) is 11.1. The van der Waals surface area contributed by atoms with Crippen molar-refractivity contribution in [3.63, 3.8) is 0 Å². The van der Waals surface area contributed by atoms with E-state index in [1.165, 1.54) is 11.1 Å². The van der Waals surface area contributed by atoms with Crippen molar-refractivity contribution in [2.75, 3.05) is 13.1 Å². The van der Waals surface area contributed by atoms with Gasteiger partial charge in [0.1, 0.15) is 0 Å². The monoisotopic (exact) mass is 253 g/mol. The molecule has 0 unspecified atom stereocenters. The fourth-order valence-corrected chi connectivity index (χ4v) is 2.30. The lowest BCUT2D eigenvalue weighted by Crippen LogP contribution is -2.38. The van der Waals surface area contributed by atoms with E-state index < -0.39 is 5.92 Å². The summed E-state index contributed by atoms with van der Waals surface area (Å²) in [4.78, 5) is 2.11. The van der Waals surface area contributed by atoms with E-state index in [0.717, 1.165) is 6.54 Å². The van der Waals surface area contributed by atoms with E-state index in [-0.39, 0.29) is 12.8 Å². The van der Waals surface area contributed by atoms with Crippen LogP contribution in [0.25, 0.3) is 0 Å². The van der Waals surface area contributed by atoms with Gasteiger partial charge in [-0.05, 0) is 17.0 Å². The van der Waals surface area contributed by atoms with Gasteiger partial charge in [-0.15, -0.1) is 0 Å². The second kappa shape index (κ2) is 5.35. The summed E-state index contributed by atoms with van der Waals surface area (Å²) in [5, 5.41) is 0. The maximum Gasteiger partial charge on any atom is 0.250 e. The van der Waals surface area contributed by atoms with Gasteiger partial charge in [-0.2, -0.15) is 0 Å². The Morgan fingerprint density at radius 1 is 1.11 bits per heavy atom. The van der Waals surface area contributed by atoms with Crippen molar-refractivity contribution in [3.8, 4) is 0 Å². The third-order valence-corrected chi connectivity index (χ3v) is 3.64. The molecule has 1 saturated heterocycles. The molecule has 1 fully saturated rings. The van der Waals surface area contributed by atoms with E-state index in [0.29, 0.717) is 19.0 Å². The minimum atomic E-state index is -2.45. The van der Waals surface area contributed by atoms with Crippen LogP contribution < -0.4 is 0 Å². The molecule has 18 heavy (non-hydrogen) atoms. The Hall–Kier alpha value is -0.960. The Morgan fingerprint density at radius 3 is 2.17 bits per heavy atom. The minimum absolute atomic E-state index is 0.00290. The molecule has 0 aromatic heterocycles. The highest BCUT2D eigenvalue weighted by atomic mass is 19.3. The summed E-state index contributed by atoms with van der Waals surface area (Å²) in [6.45, 7) is 6.12. The van der Waals surface area contributed by atoms with Crippen molar-refractivity contribution in [2.45, 2.75) is 45.1 Å². The first-order valence-electron chi connectivity index (χ1n) is 6.65. The zero-order valence-electron chi connectivity index (χ0n) is 11.1. The van der Waals surface area contributed by atoms with Crippen molar-refractivity contribution in [2.24, 2.45) is 0 Å². The number of rotatable bonds is 3. The van der Waals surface area contributed by atoms with E-state index in [4.69, 9.17) is 0 Å². The van der Waals surface area contributed by atoms with Crippen molar-refractivity contribution < 1.29 is 8.78 Å². The van der Waals surface area contributed by atoms with Crippen LogP contribution in [0.4, 0.5) is 8.78 Å². The van der Waals surface area contributed by atoms with Crippen LogP contribution in [0.2, 0.25) is 0 Å². The highest BCUT2D eigenvalue weighted by molar-refractivity contribution is 5.24. The van der Waals surface area contributed by atoms with Gasteiger partial charge in [0.2, 0.25) is 0 Å². The van der Waals surface area contributed by atoms with Gasteiger partial charge in [-0.1, -0.05) is 38.1 Å². The molecule has 1 heterocycles. The number of benzene rings is 1. The Labute approximate surface area is 108 Å². The Bertz CT molecular complexity index is 374. The third kappa shape index (κ3) is 3.52. The fraction of sp³-hybridized carbons (Fsp3) is 0.600. The quantitative estimate of drug-likeness (QED) is 0.785. The summed E-state index contributed by atoms with van der Waals surface area (Å²) < 4.78 is 26.1. The largest absolute Gasteiger partial charge is 0.299 e. The van der Waals surface area contributed by atoms with Crippen molar-refractivity contribution >= 4 is 0 Å². The first-order valence-corrected chi connectivity index (χ1v) is 6.65. The SMILES string of the molecule is CC(C)c1ccc(CN2CCC(F)(F)CC2)cc1. The lowest BCUT2D eigenvalue weighted by Gasteiger charge is -2.31. The summed E-state index contributed by atoms with van der Waals surface area (Å²) in [5.74, 6) is -1.91. The third-order valence-electron chi connectivity index (χ3n) is 3.64. The molecule has 0 amide bonds. The van der Waals surface area contributed by atoms with Crippen LogP contribution in [0.3, 0.4) is 0 Å². The maximum absolute atomic E-state index is 13.0.